The minimum Gasteiger partial charge on any atom is -0.445 e. The Morgan fingerprint density at radius 3 is 2.61 bits per heavy atom. The highest BCUT2D eigenvalue weighted by Gasteiger charge is 2.13. The first kappa shape index (κ1) is 19.6. The fraction of sp³-hybridized carbons (Fsp3) is 0.400. The highest BCUT2D eigenvalue weighted by Crippen LogP contribution is 2.16. The number of piperidine rings is 1. The zero-order valence-corrected chi connectivity index (χ0v) is 15.8. The van der Waals surface area contributed by atoms with Crippen LogP contribution in [0.2, 0.25) is 0 Å². The average Bonchev–Trinajstić information content (AvgIpc) is 2.76. The Bertz CT molecular complexity index is 778. The first-order chi connectivity index (χ1) is 13.7. The summed E-state index contributed by atoms with van der Waals surface area (Å²) in [5, 5.41) is 5.14. The molecule has 0 radical (unpaired) electrons. The molecule has 0 unspecified atom stereocenters. The van der Waals surface area contributed by atoms with Crippen LogP contribution in [-0.2, 0) is 22.7 Å². The molecule has 28 heavy (non-hydrogen) atoms. The number of carbonyl (C=O) groups is 2. The summed E-state index contributed by atoms with van der Waals surface area (Å²) >= 11 is 0. The standard InChI is InChI=1S/C20H25N5O3/c26-19(14-23-20(27)28-15-16-7-3-1-4-8-16)22-13-17-21-10-9-18(24-17)25-11-5-2-6-12-25/h1,3-4,7-10H,2,5-6,11-15H2,(H,22,26)(H,23,27). The molecule has 1 aliphatic heterocycles. The summed E-state index contributed by atoms with van der Waals surface area (Å²) < 4.78 is 5.06. The van der Waals surface area contributed by atoms with Crippen molar-refractivity contribution in [2.75, 3.05) is 24.5 Å². The van der Waals surface area contributed by atoms with Crippen LogP contribution in [-0.4, -0.2) is 41.6 Å². The average molecular weight is 383 g/mol. The number of nitrogens with one attached hydrogen (secondary N) is 2. The van der Waals surface area contributed by atoms with Crippen LogP contribution >= 0.6 is 0 Å². The molecular weight excluding hydrogens is 358 g/mol. The molecule has 1 aliphatic rings. The molecule has 1 saturated heterocycles. The molecule has 3 rings (SSSR count). The molecule has 0 atom stereocenters. The molecule has 2 heterocycles. The Kier molecular flexibility index (Phi) is 7.17. The number of anilines is 1. The second-order valence-electron chi connectivity index (χ2n) is 6.57. The minimum absolute atomic E-state index is 0.158. The first-order valence-corrected chi connectivity index (χ1v) is 9.49. The normalized spacial score (nSPS) is 13.6. The number of ether oxygens (including phenoxy) is 1. The second-order valence-corrected chi connectivity index (χ2v) is 6.57. The van der Waals surface area contributed by atoms with Crippen molar-refractivity contribution in [3.05, 3.63) is 54.0 Å². The molecular formula is C20H25N5O3. The fourth-order valence-electron chi connectivity index (χ4n) is 2.94. The van der Waals surface area contributed by atoms with Crippen LogP contribution in [0.5, 0.6) is 0 Å². The van der Waals surface area contributed by atoms with Gasteiger partial charge >= 0.3 is 6.09 Å². The van der Waals surface area contributed by atoms with Crippen molar-refractivity contribution in [3.63, 3.8) is 0 Å². The van der Waals surface area contributed by atoms with E-state index >= 15 is 0 Å². The number of hydrogen-bond donors (Lipinski definition) is 2. The van der Waals surface area contributed by atoms with Gasteiger partial charge in [-0.25, -0.2) is 14.8 Å². The van der Waals surface area contributed by atoms with Gasteiger partial charge in [0, 0.05) is 19.3 Å². The number of aromatic nitrogens is 2. The number of benzene rings is 1. The van der Waals surface area contributed by atoms with Crippen LogP contribution in [0.1, 0.15) is 30.7 Å². The third-order valence-corrected chi connectivity index (χ3v) is 4.42. The molecule has 8 nitrogen and oxygen atoms in total. The number of nitrogens with zero attached hydrogens (tertiary/aromatic N) is 3. The van der Waals surface area contributed by atoms with E-state index in [9.17, 15) is 9.59 Å². The van der Waals surface area contributed by atoms with Crippen LogP contribution in [0.25, 0.3) is 0 Å². The molecule has 1 aromatic heterocycles. The highest BCUT2D eigenvalue weighted by atomic mass is 16.5. The highest BCUT2D eigenvalue weighted by molar-refractivity contribution is 5.82. The maximum absolute atomic E-state index is 11.9. The second kappa shape index (κ2) is 10.2. The van der Waals surface area contributed by atoms with Gasteiger partial charge in [0.1, 0.15) is 24.8 Å². The molecule has 0 bridgehead atoms. The Balaban J connectivity index is 1.37. The van der Waals surface area contributed by atoms with Crippen molar-refractivity contribution in [3.8, 4) is 0 Å². The van der Waals surface area contributed by atoms with E-state index in [0.29, 0.717) is 5.82 Å². The van der Waals surface area contributed by atoms with Crippen LogP contribution in [0.3, 0.4) is 0 Å². The zero-order valence-electron chi connectivity index (χ0n) is 15.8. The fourth-order valence-corrected chi connectivity index (χ4v) is 2.94. The van der Waals surface area contributed by atoms with Gasteiger partial charge in [0.25, 0.3) is 0 Å². The predicted molar refractivity (Wildman–Crippen MR) is 105 cm³/mol. The number of amides is 2. The summed E-state index contributed by atoms with van der Waals surface area (Å²) in [4.78, 5) is 34.6. The van der Waals surface area contributed by atoms with Gasteiger partial charge < -0.3 is 20.3 Å². The lowest BCUT2D eigenvalue weighted by atomic mass is 10.1. The van der Waals surface area contributed by atoms with Crippen molar-refractivity contribution < 1.29 is 14.3 Å². The zero-order chi connectivity index (χ0) is 19.6. The van der Waals surface area contributed by atoms with Gasteiger partial charge in [-0.2, -0.15) is 0 Å². The summed E-state index contributed by atoms with van der Waals surface area (Å²) in [6.45, 7) is 2.20. The van der Waals surface area contributed by atoms with Gasteiger partial charge in [-0.15, -0.1) is 0 Å². The molecule has 8 heteroatoms. The first-order valence-electron chi connectivity index (χ1n) is 9.49. The maximum Gasteiger partial charge on any atom is 0.407 e. The predicted octanol–water partition coefficient (Wildman–Crippen LogP) is 2.01. The number of alkyl carbamates (subject to hydrolysis) is 1. The number of carbonyl (C=O) groups excluding carboxylic acids is 2. The molecule has 1 fully saturated rings. The summed E-state index contributed by atoms with van der Waals surface area (Å²) in [6.07, 6.45) is 4.66. The molecule has 2 N–H and O–H groups in total. The van der Waals surface area contributed by atoms with E-state index < -0.39 is 6.09 Å². The van der Waals surface area contributed by atoms with Gasteiger partial charge in [0.2, 0.25) is 5.91 Å². The van der Waals surface area contributed by atoms with Crippen molar-refractivity contribution in [2.24, 2.45) is 0 Å². The molecule has 0 aliphatic carbocycles. The Labute approximate surface area is 164 Å². The van der Waals surface area contributed by atoms with E-state index in [0.717, 1.165) is 24.5 Å². The largest absolute Gasteiger partial charge is 0.445 e. The monoisotopic (exact) mass is 383 g/mol. The molecule has 0 saturated carbocycles. The van der Waals surface area contributed by atoms with Crippen molar-refractivity contribution in [1.82, 2.24) is 20.6 Å². The number of hydrogen-bond acceptors (Lipinski definition) is 6. The minimum atomic E-state index is -0.637. The number of rotatable bonds is 7. The van der Waals surface area contributed by atoms with Gasteiger partial charge in [-0.1, -0.05) is 30.3 Å². The smallest absolute Gasteiger partial charge is 0.407 e. The quantitative estimate of drug-likeness (QED) is 0.759. The van der Waals surface area contributed by atoms with Crippen LogP contribution in [0, 0.1) is 0 Å². The van der Waals surface area contributed by atoms with Gasteiger partial charge in [-0.3, -0.25) is 4.79 Å². The van der Waals surface area contributed by atoms with Crippen LogP contribution < -0.4 is 15.5 Å². The third-order valence-electron chi connectivity index (χ3n) is 4.42. The lowest BCUT2D eigenvalue weighted by molar-refractivity contribution is -0.120. The van der Waals surface area contributed by atoms with E-state index in [1.165, 1.54) is 19.3 Å². The van der Waals surface area contributed by atoms with Crippen LogP contribution in [0.4, 0.5) is 10.6 Å². The van der Waals surface area contributed by atoms with Gasteiger partial charge in [-0.05, 0) is 30.9 Å². The molecule has 148 valence electrons. The van der Waals surface area contributed by atoms with E-state index in [1.54, 1.807) is 6.20 Å². The van der Waals surface area contributed by atoms with Gasteiger partial charge in [0.05, 0.1) is 6.54 Å². The lowest BCUT2D eigenvalue weighted by Crippen LogP contribution is -2.37. The van der Waals surface area contributed by atoms with Crippen LogP contribution in [0.15, 0.2) is 42.6 Å². The summed E-state index contributed by atoms with van der Waals surface area (Å²) in [5.41, 5.74) is 0.882. The molecule has 1 aromatic carbocycles. The SMILES string of the molecule is O=C(CNC(=O)OCc1ccccc1)NCc1nccc(N2CCCCC2)n1. The van der Waals surface area contributed by atoms with Crippen molar-refractivity contribution in [1.29, 1.82) is 0 Å². The van der Waals surface area contributed by atoms with E-state index in [4.69, 9.17) is 4.74 Å². The van der Waals surface area contributed by atoms with Crippen molar-refractivity contribution >= 4 is 17.8 Å². The topological polar surface area (TPSA) is 96.5 Å². The van der Waals surface area contributed by atoms with E-state index in [-0.39, 0.29) is 25.6 Å². The summed E-state index contributed by atoms with van der Waals surface area (Å²) in [7, 11) is 0. The Hall–Kier alpha value is -3.16. The summed E-state index contributed by atoms with van der Waals surface area (Å²) in [6, 6.07) is 11.2. The van der Waals surface area contributed by atoms with Crippen molar-refractivity contribution in [2.45, 2.75) is 32.4 Å². The van der Waals surface area contributed by atoms with Gasteiger partial charge in [0.15, 0.2) is 0 Å². The third kappa shape index (κ3) is 6.22. The van der Waals surface area contributed by atoms with E-state index in [1.807, 2.05) is 36.4 Å². The van der Waals surface area contributed by atoms with E-state index in [2.05, 4.69) is 25.5 Å². The lowest BCUT2D eigenvalue weighted by Gasteiger charge is -2.27. The summed E-state index contributed by atoms with van der Waals surface area (Å²) in [5.74, 6) is 1.10. The Morgan fingerprint density at radius 1 is 1.04 bits per heavy atom. The molecule has 2 aromatic rings. The molecule has 0 spiro atoms. The Morgan fingerprint density at radius 2 is 1.82 bits per heavy atom. The molecule has 2 amide bonds. The maximum atomic E-state index is 11.9.